The smallest absolute Gasteiger partial charge is 0.0625 e. The summed E-state index contributed by atoms with van der Waals surface area (Å²) in [6, 6.07) is 1.52. The molecule has 2 heteroatoms. The van der Waals surface area contributed by atoms with Crippen molar-refractivity contribution < 1.29 is 4.74 Å². The number of hydrogen-bond acceptors (Lipinski definition) is 2. The molecular formula is C10H19NO. The molecule has 3 atom stereocenters. The maximum atomic E-state index is 5.47. The average molecular weight is 169 g/mol. The Labute approximate surface area is 74.9 Å². The number of fused-ring (bicyclic) bond motifs is 1. The van der Waals surface area contributed by atoms with E-state index in [-0.39, 0.29) is 0 Å². The van der Waals surface area contributed by atoms with Crippen molar-refractivity contribution in [3.8, 4) is 0 Å². The minimum absolute atomic E-state index is 0.720. The fourth-order valence-corrected chi connectivity index (χ4v) is 2.73. The van der Waals surface area contributed by atoms with Gasteiger partial charge in [-0.05, 0) is 19.4 Å². The second-order valence-corrected chi connectivity index (χ2v) is 4.58. The minimum Gasteiger partial charge on any atom is -0.379 e. The molecule has 0 spiro atoms. The summed E-state index contributed by atoms with van der Waals surface area (Å²) in [5.74, 6) is 1.61. The summed E-state index contributed by atoms with van der Waals surface area (Å²) >= 11 is 0. The standard InChI is InChI=1S/C10H19NO/c1-7(2)9-4-8-5-12-6-10(8)11(9)3/h7-10H,4-6H2,1-3H3/t8-,9+,10+/m1/s1. The first kappa shape index (κ1) is 8.52. The largest absolute Gasteiger partial charge is 0.379 e. The van der Waals surface area contributed by atoms with Gasteiger partial charge in [0.1, 0.15) is 0 Å². The number of nitrogens with zero attached hydrogens (tertiary/aromatic N) is 1. The third-order valence-electron chi connectivity index (χ3n) is 3.52. The maximum absolute atomic E-state index is 5.47. The van der Waals surface area contributed by atoms with Gasteiger partial charge in [-0.15, -0.1) is 0 Å². The summed E-state index contributed by atoms with van der Waals surface area (Å²) < 4.78 is 5.47. The molecule has 0 bridgehead atoms. The SMILES string of the molecule is CC(C)[C@@H]1C[C@@H]2COC[C@@H]2N1C. The summed E-state index contributed by atoms with van der Waals surface area (Å²) in [6.45, 7) is 6.61. The van der Waals surface area contributed by atoms with Gasteiger partial charge in [0.25, 0.3) is 0 Å². The molecule has 2 fully saturated rings. The molecule has 2 rings (SSSR count). The van der Waals surface area contributed by atoms with E-state index in [0.717, 1.165) is 37.1 Å². The van der Waals surface area contributed by atoms with E-state index in [1.54, 1.807) is 0 Å². The zero-order valence-corrected chi connectivity index (χ0v) is 8.29. The summed E-state index contributed by atoms with van der Waals surface area (Å²) in [6.07, 6.45) is 1.35. The van der Waals surface area contributed by atoms with Gasteiger partial charge in [0, 0.05) is 18.0 Å². The zero-order valence-electron chi connectivity index (χ0n) is 8.29. The number of hydrogen-bond donors (Lipinski definition) is 0. The molecule has 0 amide bonds. The van der Waals surface area contributed by atoms with Crippen LogP contribution in [0.2, 0.25) is 0 Å². The molecule has 12 heavy (non-hydrogen) atoms. The first-order chi connectivity index (χ1) is 5.70. The van der Waals surface area contributed by atoms with Gasteiger partial charge >= 0.3 is 0 Å². The molecule has 2 saturated heterocycles. The van der Waals surface area contributed by atoms with E-state index in [1.807, 2.05) is 0 Å². The van der Waals surface area contributed by atoms with Crippen LogP contribution in [0.15, 0.2) is 0 Å². The van der Waals surface area contributed by atoms with Gasteiger partial charge in [-0.3, -0.25) is 4.90 Å². The molecule has 2 aliphatic rings. The zero-order chi connectivity index (χ0) is 8.72. The summed E-state index contributed by atoms with van der Waals surface area (Å²) in [5, 5.41) is 0. The highest BCUT2D eigenvalue weighted by atomic mass is 16.5. The third kappa shape index (κ3) is 1.17. The van der Waals surface area contributed by atoms with Crippen LogP contribution in [0, 0.1) is 11.8 Å². The molecule has 0 N–H and O–H groups in total. The van der Waals surface area contributed by atoms with Crippen molar-refractivity contribution in [1.82, 2.24) is 4.90 Å². The highest BCUT2D eigenvalue weighted by Gasteiger charge is 2.43. The van der Waals surface area contributed by atoms with E-state index in [9.17, 15) is 0 Å². The highest BCUT2D eigenvalue weighted by Crippen LogP contribution is 2.35. The first-order valence-corrected chi connectivity index (χ1v) is 5.00. The highest BCUT2D eigenvalue weighted by molar-refractivity contribution is 4.95. The Morgan fingerprint density at radius 3 is 2.67 bits per heavy atom. The lowest BCUT2D eigenvalue weighted by Crippen LogP contribution is -2.37. The van der Waals surface area contributed by atoms with E-state index < -0.39 is 0 Å². The lowest BCUT2D eigenvalue weighted by molar-refractivity contribution is 0.123. The van der Waals surface area contributed by atoms with Crippen molar-refractivity contribution in [2.45, 2.75) is 32.4 Å². The van der Waals surface area contributed by atoms with Crippen molar-refractivity contribution in [1.29, 1.82) is 0 Å². The van der Waals surface area contributed by atoms with Crippen LogP contribution in [0.3, 0.4) is 0 Å². The van der Waals surface area contributed by atoms with Crippen LogP contribution in [-0.2, 0) is 4.74 Å². The van der Waals surface area contributed by atoms with E-state index in [4.69, 9.17) is 4.74 Å². The van der Waals surface area contributed by atoms with Gasteiger partial charge < -0.3 is 4.74 Å². The molecular weight excluding hydrogens is 150 g/mol. The molecule has 0 aromatic carbocycles. The monoisotopic (exact) mass is 169 g/mol. The molecule has 0 radical (unpaired) electrons. The van der Waals surface area contributed by atoms with E-state index >= 15 is 0 Å². The second-order valence-electron chi connectivity index (χ2n) is 4.58. The van der Waals surface area contributed by atoms with Gasteiger partial charge in [0.05, 0.1) is 13.2 Å². The Morgan fingerprint density at radius 1 is 1.33 bits per heavy atom. The average Bonchev–Trinajstić information content (AvgIpc) is 2.53. The van der Waals surface area contributed by atoms with Crippen LogP contribution in [-0.4, -0.2) is 37.2 Å². The van der Waals surface area contributed by atoms with Crippen molar-refractivity contribution >= 4 is 0 Å². The van der Waals surface area contributed by atoms with Crippen molar-refractivity contribution in [3.05, 3.63) is 0 Å². The lowest BCUT2D eigenvalue weighted by atomic mass is 9.97. The number of likely N-dealkylation sites (tertiary alicyclic amines) is 1. The summed E-state index contributed by atoms with van der Waals surface area (Å²) in [4.78, 5) is 2.53. The van der Waals surface area contributed by atoms with Gasteiger partial charge in [0.2, 0.25) is 0 Å². The molecule has 70 valence electrons. The van der Waals surface area contributed by atoms with Crippen molar-refractivity contribution in [2.75, 3.05) is 20.3 Å². The van der Waals surface area contributed by atoms with Gasteiger partial charge in [-0.2, -0.15) is 0 Å². The lowest BCUT2D eigenvalue weighted by Gasteiger charge is -2.27. The van der Waals surface area contributed by atoms with E-state index in [2.05, 4.69) is 25.8 Å². The minimum atomic E-state index is 0.720. The van der Waals surface area contributed by atoms with Crippen molar-refractivity contribution in [2.24, 2.45) is 11.8 Å². The molecule has 0 saturated carbocycles. The topological polar surface area (TPSA) is 12.5 Å². The van der Waals surface area contributed by atoms with E-state index in [0.29, 0.717) is 0 Å². The van der Waals surface area contributed by atoms with E-state index in [1.165, 1.54) is 6.42 Å². The maximum Gasteiger partial charge on any atom is 0.0625 e. The Hall–Kier alpha value is -0.0800. The predicted octanol–water partition coefficient (Wildman–Crippen LogP) is 1.36. The Morgan fingerprint density at radius 2 is 2.08 bits per heavy atom. The molecule has 2 nitrogen and oxygen atoms in total. The fourth-order valence-electron chi connectivity index (χ4n) is 2.73. The Kier molecular flexibility index (Phi) is 2.13. The molecule has 2 aliphatic heterocycles. The van der Waals surface area contributed by atoms with Crippen LogP contribution < -0.4 is 0 Å². The fraction of sp³-hybridized carbons (Fsp3) is 1.00. The van der Waals surface area contributed by atoms with Crippen LogP contribution in [0.5, 0.6) is 0 Å². The quantitative estimate of drug-likeness (QED) is 0.587. The first-order valence-electron chi connectivity index (χ1n) is 5.00. The number of rotatable bonds is 1. The molecule has 0 aliphatic carbocycles. The van der Waals surface area contributed by atoms with Gasteiger partial charge in [-0.25, -0.2) is 0 Å². The van der Waals surface area contributed by atoms with Crippen LogP contribution in [0.4, 0.5) is 0 Å². The normalized spacial score (nSPS) is 42.5. The second kappa shape index (κ2) is 3.00. The van der Waals surface area contributed by atoms with Crippen molar-refractivity contribution in [3.63, 3.8) is 0 Å². The molecule has 0 unspecified atom stereocenters. The van der Waals surface area contributed by atoms with Gasteiger partial charge in [-0.1, -0.05) is 13.8 Å². The molecule has 2 heterocycles. The molecule has 0 aromatic rings. The summed E-state index contributed by atoms with van der Waals surface area (Å²) in [7, 11) is 2.25. The Balaban J connectivity index is 2.05. The third-order valence-corrected chi connectivity index (χ3v) is 3.52. The van der Waals surface area contributed by atoms with Crippen LogP contribution in [0.1, 0.15) is 20.3 Å². The Bertz CT molecular complexity index is 169. The number of ether oxygens (including phenoxy) is 1. The predicted molar refractivity (Wildman–Crippen MR) is 49.1 cm³/mol. The summed E-state index contributed by atoms with van der Waals surface area (Å²) in [5.41, 5.74) is 0. The molecule has 0 aromatic heterocycles. The van der Waals surface area contributed by atoms with Crippen LogP contribution >= 0.6 is 0 Å². The van der Waals surface area contributed by atoms with Crippen LogP contribution in [0.25, 0.3) is 0 Å². The van der Waals surface area contributed by atoms with Gasteiger partial charge in [0.15, 0.2) is 0 Å². The number of likely N-dealkylation sites (N-methyl/N-ethyl adjacent to an activating group) is 1.